The molecule has 6 heteroatoms. The van der Waals surface area contributed by atoms with Gasteiger partial charge in [-0.25, -0.2) is 9.97 Å². The molecule has 37 heavy (non-hydrogen) atoms. The SMILES string of the molecule is C=C/C=C(/c1cccs1)c1nc(C(=C)c2cc(C(/C=C(\C=C)CN3CCCC3)=C/C)cnc2N)[nH]c1C. The average molecular weight is 510 g/mol. The summed E-state index contributed by atoms with van der Waals surface area (Å²) < 4.78 is 0. The lowest BCUT2D eigenvalue weighted by Gasteiger charge is -2.16. The highest BCUT2D eigenvalue weighted by Crippen LogP contribution is 2.32. The van der Waals surface area contributed by atoms with Gasteiger partial charge in [0.15, 0.2) is 0 Å². The number of nitrogens with two attached hydrogens (primary N) is 1. The van der Waals surface area contributed by atoms with Crippen LogP contribution in [-0.2, 0) is 0 Å². The number of aromatic nitrogens is 3. The van der Waals surface area contributed by atoms with Crippen molar-refractivity contribution in [2.45, 2.75) is 26.7 Å². The van der Waals surface area contributed by atoms with Crippen LogP contribution in [0.3, 0.4) is 0 Å². The Labute approximate surface area is 224 Å². The van der Waals surface area contributed by atoms with Crippen molar-refractivity contribution >= 4 is 33.9 Å². The van der Waals surface area contributed by atoms with Crippen LogP contribution in [0.2, 0.25) is 0 Å². The Bertz CT molecular complexity index is 1380. The zero-order valence-corrected chi connectivity index (χ0v) is 22.6. The number of aryl methyl sites for hydroxylation is 1. The van der Waals surface area contributed by atoms with Gasteiger partial charge in [0.1, 0.15) is 11.6 Å². The van der Waals surface area contributed by atoms with Crippen LogP contribution in [0.4, 0.5) is 5.82 Å². The third kappa shape index (κ3) is 5.98. The highest BCUT2D eigenvalue weighted by atomic mass is 32.1. The number of hydrogen-bond donors (Lipinski definition) is 2. The van der Waals surface area contributed by atoms with Crippen molar-refractivity contribution in [3.05, 3.63) is 119 Å². The fourth-order valence-electron chi connectivity index (χ4n) is 4.60. The van der Waals surface area contributed by atoms with Crippen LogP contribution in [0.1, 0.15) is 53.0 Å². The van der Waals surface area contributed by atoms with E-state index in [0.717, 1.165) is 58.2 Å². The molecule has 3 N–H and O–H groups in total. The molecule has 1 aliphatic rings. The molecule has 4 rings (SSSR count). The van der Waals surface area contributed by atoms with Crippen LogP contribution in [0.5, 0.6) is 0 Å². The molecule has 0 aromatic carbocycles. The molecule has 3 aromatic heterocycles. The summed E-state index contributed by atoms with van der Waals surface area (Å²) in [5, 5.41) is 2.06. The predicted molar refractivity (Wildman–Crippen MR) is 159 cm³/mol. The molecule has 0 unspecified atom stereocenters. The Balaban J connectivity index is 1.65. The summed E-state index contributed by atoms with van der Waals surface area (Å²) in [4.78, 5) is 16.4. The summed E-state index contributed by atoms with van der Waals surface area (Å²) in [5.74, 6) is 1.09. The number of aromatic amines is 1. The van der Waals surface area contributed by atoms with Crippen molar-refractivity contribution in [3.63, 3.8) is 0 Å². The summed E-state index contributed by atoms with van der Waals surface area (Å²) in [5.41, 5.74) is 13.9. The number of imidazole rings is 1. The molecule has 0 saturated carbocycles. The first-order valence-electron chi connectivity index (χ1n) is 12.6. The number of thiophene rings is 1. The van der Waals surface area contributed by atoms with Crippen LogP contribution in [0, 0.1) is 6.92 Å². The first kappa shape index (κ1) is 26.3. The van der Waals surface area contributed by atoms with Gasteiger partial charge in [-0.15, -0.1) is 11.3 Å². The third-order valence-electron chi connectivity index (χ3n) is 6.59. The van der Waals surface area contributed by atoms with Crippen molar-refractivity contribution in [1.82, 2.24) is 19.9 Å². The van der Waals surface area contributed by atoms with E-state index in [0.29, 0.717) is 17.2 Å². The number of nitrogens with one attached hydrogen (secondary N) is 1. The number of hydrogen-bond acceptors (Lipinski definition) is 5. The maximum absolute atomic E-state index is 6.34. The lowest BCUT2D eigenvalue weighted by atomic mass is 9.99. The van der Waals surface area contributed by atoms with E-state index in [1.807, 2.05) is 44.3 Å². The number of nitrogen functional groups attached to an aromatic ring is 1. The van der Waals surface area contributed by atoms with Gasteiger partial charge in [-0.2, -0.15) is 0 Å². The van der Waals surface area contributed by atoms with Crippen LogP contribution < -0.4 is 5.73 Å². The van der Waals surface area contributed by atoms with Gasteiger partial charge < -0.3 is 10.7 Å². The van der Waals surface area contributed by atoms with Crippen LogP contribution in [-0.4, -0.2) is 39.5 Å². The molecule has 0 spiro atoms. The van der Waals surface area contributed by atoms with Gasteiger partial charge in [0.25, 0.3) is 0 Å². The van der Waals surface area contributed by atoms with E-state index in [9.17, 15) is 0 Å². The topological polar surface area (TPSA) is 70.8 Å². The molecule has 0 atom stereocenters. The van der Waals surface area contributed by atoms with Crippen LogP contribution in [0.25, 0.3) is 16.7 Å². The van der Waals surface area contributed by atoms with Crippen molar-refractivity contribution in [3.8, 4) is 0 Å². The second kappa shape index (κ2) is 12.0. The van der Waals surface area contributed by atoms with Gasteiger partial charge in [-0.3, -0.25) is 4.90 Å². The number of rotatable bonds is 10. The average Bonchev–Trinajstić information content (AvgIpc) is 3.68. The highest BCUT2D eigenvalue weighted by Gasteiger charge is 2.18. The van der Waals surface area contributed by atoms with E-state index in [1.165, 1.54) is 18.4 Å². The number of nitrogens with zero attached hydrogens (tertiary/aromatic N) is 3. The molecule has 0 radical (unpaired) electrons. The molecule has 1 fully saturated rings. The monoisotopic (exact) mass is 509 g/mol. The lowest BCUT2D eigenvalue weighted by molar-refractivity contribution is 0.371. The first-order valence-corrected chi connectivity index (χ1v) is 13.4. The normalized spacial score (nSPS) is 15.2. The predicted octanol–water partition coefficient (Wildman–Crippen LogP) is 7.05. The quantitative estimate of drug-likeness (QED) is 0.287. The molecular weight excluding hydrogens is 474 g/mol. The fraction of sp³-hybridized carbons (Fsp3) is 0.226. The molecule has 4 heterocycles. The van der Waals surface area contributed by atoms with Gasteiger partial charge in [0, 0.05) is 45.6 Å². The maximum atomic E-state index is 6.34. The number of allylic oxidation sites excluding steroid dienone is 5. The van der Waals surface area contributed by atoms with Crippen molar-refractivity contribution in [1.29, 1.82) is 0 Å². The second-order valence-electron chi connectivity index (χ2n) is 9.14. The van der Waals surface area contributed by atoms with Crippen LogP contribution in [0.15, 0.2) is 85.5 Å². The van der Waals surface area contributed by atoms with Gasteiger partial charge >= 0.3 is 0 Å². The molecule has 3 aromatic rings. The smallest absolute Gasteiger partial charge is 0.138 e. The molecule has 5 nitrogen and oxygen atoms in total. The summed E-state index contributed by atoms with van der Waals surface area (Å²) in [6.07, 6.45) is 14.3. The standard InChI is InChI=1S/C31H35N5S/c1-6-12-26(28-13-11-16-37-28)29-22(5)34-31(35-29)21(4)27-18-25(19-33-30(27)32)24(8-3)17-23(7-2)20-36-14-9-10-15-36/h6-8,11-13,16-19H,1-2,4,9-10,14-15,20H2,3,5H3,(H2,32,33)(H,34,35)/b23-17+,24-8+,26-12-. The van der Waals surface area contributed by atoms with Gasteiger partial charge in [-0.1, -0.05) is 56.2 Å². The van der Waals surface area contributed by atoms with Crippen molar-refractivity contribution in [2.75, 3.05) is 25.4 Å². The Kier molecular flexibility index (Phi) is 8.54. The first-order chi connectivity index (χ1) is 17.9. The Morgan fingerprint density at radius 3 is 2.70 bits per heavy atom. The van der Waals surface area contributed by atoms with Crippen molar-refractivity contribution in [2.24, 2.45) is 0 Å². The number of H-pyrrole nitrogens is 1. The summed E-state index contributed by atoms with van der Waals surface area (Å²) in [7, 11) is 0. The molecular formula is C31H35N5S. The fourth-order valence-corrected chi connectivity index (χ4v) is 5.35. The third-order valence-corrected chi connectivity index (χ3v) is 7.50. The van der Waals surface area contributed by atoms with E-state index in [2.05, 4.69) is 58.2 Å². The minimum atomic E-state index is 0.421. The lowest BCUT2D eigenvalue weighted by Crippen LogP contribution is -2.21. The van der Waals surface area contributed by atoms with E-state index in [4.69, 9.17) is 10.7 Å². The van der Waals surface area contributed by atoms with Crippen LogP contribution >= 0.6 is 11.3 Å². The zero-order chi connectivity index (χ0) is 26.4. The number of anilines is 1. The van der Waals surface area contributed by atoms with Gasteiger partial charge in [-0.05, 0) is 68.4 Å². The van der Waals surface area contributed by atoms with E-state index >= 15 is 0 Å². The van der Waals surface area contributed by atoms with E-state index in [-0.39, 0.29) is 0 Å². The van der Waals surface area contributed by atoms with Crippen molar-refractivity contribution < 1.29 is 0 Å². The second-order valence-corrected chi connectivity index (χ2v) is 10.1. The molecule has 1 saturated heterocycles. The van der Waals surface area contributed by atoms with E-state index < -0.39 is 0 Å². The molecule has 190 valence electrons. The molecule has 0 amide bonds. The minimum absolute atomic E-state index is 0.421. The molecule has 0 bridgehead atoms. The number of likely N-dealkylation sites (tertiary alicyclic amines) is 1. The number of pyridine rings is 1. The summed E-state index contributed by atoms with van der Waals surface area (Å²) >= 11 is 1.67. The summed E-state index contributed by atoms with van der Waals surface area (Å²) in [6, 6.07) is 6.17. The molecule has 0 aliphatic carbocycles. The van der Waals surface area contributed by atoms with Gasteiger partial charge in [0.2, 0.25) is 0 Å². The maximum Gasteiger partial charge on any atom is 0.138 e. The highest BCUT2D eigenvalue weighted by molar-refractivity contribution is 7.11. The molecule has 1 aliphatic heterocycles. The minimum Gasteiger partial charge on any atom is -0.383 e. The Morgan fingerprint density at radius 1 is 1.27 bits per heavy atom. The largest absolute Gasteiger partial charge is 0.383 e. The van der Waals surface area contributed by atoms with Gasteiger partial charge in [0.05, 0.1) is 5.69 Å². The Hall–Kier alpha value is -3.74. The Morgan fingerprint density at radius 2 is 2.05 bits per heavy atom. The van der Waals surface area contributed by atoms with E-state index in [1.54, 1.807) is 17.4 Å². The zero-order valence-electron chi connectivity index (χ0n) is 21.8. The summed E-state index contributed by atoms with van der Waals surface area (Å²) in [6.45, 7) is 19.5.